The van der Waals surface area contributed by atoms with Crippen LogP contribution in [0.25, 0.3) is 11.3 Å². The van der Waals surface area contributed by atoms with Crippen molar-refractivity contribution < 1.29 is 14.3 Å². The Kier molecular flexibility index (Phi) is 4.96. The summed E-state index contributed by atoms with van der Waals surface area (Å²) < 4.78 is 11.6. The second kappa shape index (κ2) is 6.91. The number of nitrogens with zero attached hydrogens (tertiary/aromatic N) is 4. The van der Waals surface area contributed by atoms with Gasteiger partial charge in [0.1, 0.15) is 6.07 Å². The highest BCUT2D eigenvalue weighted by Gasteiger charge is 2.15. The first-order valence-corrected chi connectivity index (χ1v) is 6.81. The normalized spacial score (nSPS) is 10.1. The van der Waals surface area contributed by atoms with Gasteiger partial charge in [-0.1, -0.05) is 11.6 Å². The van der Waals surface area contributed by atoms with Gasteiger partial charge >= 0.3 is 5.97 Å². The van der Waals surface area contributed by atoms with Crippen LogP contribution in [0.3, 0.4) is 0 Å². The number of hydrogen-bond donors (Lipinski definition) is 0. The Morgan fingerprint density at radius 3 is 2.91 bits per heavy atom. The summed E-state index contributed by atoms with van der Waals surface area (Å²) in [6.45, 7) is 1.64. The average molecular weight is 321 g/mol. The Labute approximate surface area is 132 Å². The van der Waals surface area contributed by atoms with E-state index in [-0.39, 0.29) is 24.7 Å². The van der Waals surface area contributed by atoms with Crippen LogP contribution in [-0.4, -0.2) is 33.9 Å². The van der Waals surface area contributed by atoms with E-state index in [0.717, 1.165) is 0 Å². The molecular formula is C14H13ClN4O3. The van der Waals surface area contributed by atoms with Gasteiger partial charge in [-0.15, -0.1) is 0 Å². The highest BCUT2D eigenvalue weighted by molar-refractivity contribution is 6.33. The van der Waals surface area contributed by atoms with Crippen LogP contribution >= 0.6 is 11.6 Å². The Morgan fingerprint density at radius 2 is 2.32 bits per heavy atom. The smallest absolute Gasteiger partial charge is 0.344 e. The summed E-state index contributed by atoms with van der Waals surface area (Å²) >= 11 is 6.17. The molecule has 0 unspecified atom stereocenters. The molecule has 0 bridgehead atoms. The molecular weight excluding hydrogens is 308 g/mol. The van der Waals surface area contributed by atoms with E-state index in [1.54, 1.807) is 31.0 Å². The molecule has 0 aliphatic heterocycles. The number of aryl methyl sites for hydroxylation is 1. The highest BCUT2D eigenvalue weighted by Crippen LogP contribution is 2.30. The van der Waals surface area contributed by atoms with Gasteiger partial charge in [-0.25, -0.2) is 9.78 Å². The van der Waals surface area contributed by atoms with Crippen LogP contribution in [0, 0.1) is 11.3 Å². The topological polar surface area (TPSA) is 90.0 Å². The Morgan fingerprint density at radius 1 is 1.55 bits per heavy atom. The molecule has 0 saturated carbocycles. The second-order valence-corrected chi connectivity index (χ2v) is 4.68. The number of pyridine rings is 1. The number of carbonyl (C=O) groups is 1. The van der Waals surface area contributed by atoms with Crippen molar-refractivity contribution in [1.82, 2.24) is 14.8 Å². The van der Waals surface area contributed by atoms with Gasteiger partial charge in [0.15, 0.2) is 18.1 Å². The van der Waals surface area contributed by atoms with Crippen LogP contribution in [-0.2, 0) is 16.6 Å². The molecule has 2 aromatic heterocycles. The molecule has 0 spiro atoms. The molecule has 2 rings (SSSR count). The molecule has 22 heavy (non-hydrogen) atoms. The van der Waals surface area contributed by atoms with Crippen LogP contribution in [0.5, 0.6) is 5.75 Å². The van der Waals surface area contributed by atoms with E-state index in [4.69, 9.17) is 21.1 Å². The quantitative estimate of drug-likeness (QED) is 0.782. The molecule has 0 amide bonds. The van der Waals surface area contributed by atoms with Gasteiger partial charge in [0.2, 0.25) is 0 Å². The number of aromatic nitrogens is 3. The lowest BCUT2D eigenvalue weighted by Crippen LogP contribution is -2.15. The largest absolute Gasteiger partial charge is 0.479 e. The van der Waals surface area contributed by atoms with Crippen molar-refractivity contribution >= 4 is 17.6 Å². The van der Waals surface area contributed by atoms with Crippen molar-refractivity contribution in [2.24, 2.45) is 7.05 Å². The van der Waals surface area contributed by atoms with Gasteiger partial charge in [0.25, 0.3) is 0 Å². The molecule has 114 valence electrons. The molecule has 0 N–H and O–H groups in total. The fraction of sp³-hybridized carbons (Fsp3) is 0.286. The van der Waals surface area contributed by atoms with Crippen LogP contribution < -0.4 is 4.74 Å². The first kappa shape index (κ1) is 15.8. The summed E-state index contributed by atoms with van der Waals surface area (Å²) in [5.41, 5.74) is 1.14. The van der Waals surface area contributed by atoms with E-state index in [2.05, 4.69) is 10.1 Å². The molecule has 2 heterocycles. The molecule has 8 heteroatoms. The number of ether oxygens (including phenoxy) is 2. The van der Waals surface area contributed by atoms with Gasteiger partial charge in [0, 0.05) is 24.9 Å². The predicted molar refractivity (Wildman–Crippen MR) is 78.3 cm³/mol. The van der Waals surface area contributed by atoms with E-state index < -0.39 is 5.97 Å². The SMILES string of the molecule is CCOC(=O)COc1cc(Cl)c(-c2cnn(C)c2)nc1C#N. The summed E-state index contributed by atoms with van der Waals surface area (Å²) in [4.78, 5) is 15.5. The fourth-order valence-corrected chi connectivity index (χ4v) is 2.00. The molecule has 0 aliphatic carbocycles. The molecule has 0 aliphatic rings. The predicted octanol–water partition coefficient (Wildman–Crippen LogP) is 1.95. The lowest BCUT2D eigenvalue weighted by molar-refractivity contribution is -0.145. The number of esters is 1. The van der Waals surface area contributed by atoms with Crippen molar-refractivity contribution in [3.63, 3.8) is 0 Å². The maximum Gasteiger partial charge on any atom is 0.344 e. The number of halogens is 1. The molecule has 0 radical (unpaired) electrons. The van der Waals surface area contributed by atoms with Crippen molar-refractivity contribution in [1.29, 1.82) is 5.26 Å². The number of rotatable bonds is 5. The van der Waals surface area contributed by atoms with Gasteiger partial charge in [-0.05, 0) is 6.92 Å². The van der Waals surface area contributed by atoms with Gasteiger partial charge < -0.3 is 9.47 Å². The molecule has 2 aromatic rings. The maximum absolute atomic E-state index is 11.3. The number of nitriles is 1. The van der Waals surface area contributed by atoms with E-state index in [1.165, 1.54) is 6.07 Å². The van der Waals surface area contributed by atoms with Crippen molar-refractivity contribution in [2.75, 3.05) is 13.2 Å². The van der Waals surface area contributed by atoms with Gasteiger partial charge in [-0.3, -0.25) is 4.68 Å². The minimum Gasteiger partial charge on any atom is -0.479 e. The third kappa shape index (κ3) is 3.54. The van der Waals surface area contributed by atoms with Crippen LogP contribution in [0.15, 0.2) is 18.5 Å². The van der Waals surface area contributed by atoms with E-state index in [1.807, 2.05) is 6.07 Å². The third-order valence-corrected chi connectivity index (χ3v) is 2.96. The van der Waals surface area contributed by atoms with Crippen molar-refractivity contribution in [3.8, 4) is 23.1 Å². The Hall–Kier alpha value is -2.59. The number of hydrogen-bond acceptors (Lipinski definition) is 6. The second-order valence-electron chi connectivity index (χ2n) is 4.27. The average Bonchev–Trinajstić information content (AvgIpc) is 2.91. The lowest BCUT2D eigenvalue weighted by Gasteiger charge is -2.09. The summed E-state index contributed by atoms with van der Waals surface area (Å²) in [6.07, 6.45) is 3.32. The van der Waals surface area contributed by atoms with Crippen molar-refractivity contribution in [2.45, 2.75) is 6.92 Å². The monoisotopic (exact) mass is 320 g/mol. The maximum atomic E-state index is 11.3. The lowest BCUT2D eigenvalue weighted by atomic mass is 10.2. The van der Waals surface area contributed by atoms with Gasteiger partial charge in [0.05, 0.1) is 23.5 Å². The Bertz CT molecular complexity index is 736. The van der Waals surface area contributed by atoms with E-state index in [0.29, 0.717) is 16.3 Å². The third-order valence-electron chi connectivity index (χ3n) is 2.68. The minimum atomic E-state index is -0.529. The minimum absolute atomic E-state index is 0.0348. The zero-order valence-corrected chi connectivity index (χ0v) is 12.8. The summed E-state index contributed by atoms with van der Waals surface area (Å²) in [5.74, 6) is -0.396. The number of carbonyl (C=O) groups excluding carboxylic acids is 1. The molecule has 0 fully saturated rings. The first-order valence-electron chi connectivity index (χ1n) is 6.43. The van der Waals surface area contributed by atoms with Crippen LogP contribution in [0.4, 0.5) is 0 Å². The van der Waals surface area contributed by atoms with Crippen LogP contribution in [0.1, 0.15) is 12.6 Å². The zero-order valence-electron chi connectivity index (χ0n) is 12.0. The highest BCUT2D eigenvalue weighted by atomic mass is 35.5. The summed E-state index contributed by atoms with van der Waals surface area (Å²) in [6, 6.07) is 3.37. The molecule has 0 atom stereocenters. The van der Waals surface area contributed by atoms with Gasteiger partial charge in [-0.2, -0.15) is 10.4 Å². The summed E-state index contributed by atoms with van der Waals surface area (Å²) in [5, 5.41) is 13.5. The molecule has 0 saturated heterocycles. The van der Waals surface area contributed by atoms with Crippen molar-refractivity contribution in [3.05, 3.63) is 29.2 Å². The summed E-state index contributed by atoms with van der Waals surface area (Å²) in [7, 11) is 1.76. The van der Waals surface area contributed by atoms with Crippen LogP contribution in [0.2, 0.25) is 5.02 Å². The molecule has 0 aromatic carbocycles. The Balaban J connectivity index is 2.28. The fourth-order valence-electron chi connectivity index (χ4n) is 1.75. The van der Waals surface area contributed by atoms with E-state index in [9.17, 15) is 10.1 Å². The standard InChI is InChI=1S/C14H13ClN4O3/c1-3-21-13(20)8-22-12-4-10(15)14(18-11(12)5-16)9-6-17-19(2)7-9/h4,6-7H,3,8H2,1-2H3. The first-order chi connectivity index (χ1) is 10.5. The zero-order chi connectivity index (χ0) is 16.1. The van der Waals surface area contributed by atoms with E-state index >= 15 is 0 Å². The molecule has 7 nitrogen and oxygen atoms in total.